The third-order valence-corrected chi connectivity index (χ3v) is 2.58. The van der Waals surface area contributed by atoms with Gasteiger partial charge in [0.25, 0.3) is 0 Å². The average molecular weight is 242 g/mol. The molecule has 1 heterocycles. The number of hydrogen-bond acceptors (Lipinski definition) is 3. The molecule has 0 atom stereocenters. The highest BCUT2D eigenvalue weighted by atomic mass is 16.5. The Bertz CT molecular complexity index is 471. The summed E-state index contributed by atoms with van der Waals surface area (Å²) in [6.07, 6.45) is 2.74. The van der Waals surface area contributed by atoms with E-state index >= 15 is 0 Å². The molecular weight excluding hydrogens is 224 g/mol. The van der Waals surface area contributed by atoms with Crippen molar-refractivity contribution < 1.29 is 4.74 Å². The SMILES string of the molecule is CCOc1cccc(NCCc2ccccn2)c1. The molecule has 0 amide bonds. The van der Waals surface area contributed by atoms with Crippen molar-refractivity contribution in [1.82, 2.24) is 4.98 Å². The zero-order valence-corrected chi connectivity index (χ0v) is 10.6. The molecule has 3 heteroatoms. The molecule has 0 aliphatic carbocycles. The average Bonchev–Trinajstić information content (AvgIpc) is 2.41. The molecule has 18 heavy (non-hydrogen) atoms. The van der Waals surface area contributed by atoms with Crippen LogP contribution in [-0.2, 0) is 6.42 Å². The van der Waals surface area contributed by atoms with Gasteiger partial charge in [-0.1, -0.05) is 12.1 Å². The van der Waals surface area contributed by atoms with Crippen LogP contribution in [0.3, 0.4) is 0 Å². The summed E-state index contributed by atoms with van der Waals surface area (Å²) in [6, 6.07) is 14.0. The minimum atomic E-state index is 0.692. The molecule has 0 fully saturated rings. The zero-order valence-electron chi connectivity index (χ0n) is 10.6. The molecule has 1 aromatic carbocycles. The lowest BCUT2D eigenvalue weighted by Crippen LogP contribution is -2.05. The topological polar surface area (TPSA) is 34.1 Å². The Morgan fingerprint density at radius 1 is 1.17 bits per heavy atom. The maximum atomic E-state index is 5.46. The first-order valence-electron chi connectivity index (χ1n) is 6.25. The van der Waals surface area contributed by atoms with E-state index in [1.807, 2.05) is 55.6 Å². The van der Waals surface area contributed by atoms with Gasteiger partial charge in [0.05, 0.1) is 6.61 Å². The third-order valence-electron chi connectivity index (χ3n) is 2.58. The summed E-state index contributed by atoms with van der Waals surface area (Å²) in [5.74, 6) is 0.903. The lowest BCUT2D eigenvalue weighted by atomic mass is 10.2. The van der Waals surface area contributed by atoms with E-state index < -0.39 is 0 Å². The van der Waals surface area contributed by atoms with Gasteiger partial charge in [0.1, 0.15) is 5.75 Å². The van der Waals surface area contributed by atoms with E-state index in [-0.39, 0.29) is 0 Å². The Morgan fingerprint density at radius 3 is 2.89 bits per heavy atom. The maximum absolute atomic E-state index is 5.46. The predicted molar refractivity (Wildman–Crippen MR) is 74.0 cm³/mol. The fourth-order valence-corrected chi connectivity index (χ4v) is 1.74. The van der Waals surface area contributed by atoms with E-state index in [1.165, 1.54) is 0 Å². The predicted octanol–water partition coefficient (Wildman–Crippen LogP) is 3.13. The first-order valence-corrected chi connectivity index (χ1v) is 6.25. The monoisotopic (exact) mass is 242 g/mol. The molecule has 0 unspecified atom stereocenters. The van der Waals surface area contributed by atoms with Gasteiger partial charge in [-0.2, -0.15) is 0 Å². The van der Waals surface area contributed by atoms with E-state index in [0.717, 1.165) is 30.1 Å². The van der Waals surface area contributed by atoms with Crippen LogP contribution < -0.4 is 10.1 Å². The van der Waals surface area contributed by atoms with Gasteiger partial charge in [-0.25, -0.2) is 0 Å². The molecule has 0 saturated heterocycles. The van der Waals surface area contributed by atoms with E-state index in [9.17, 15) is 0 Å². The van der Waals surface area contributed by atoms with Gasteiger partial charge in [0, 0.05) is 36.6 Å². The lowest BCUT2D eigenvalue weighted by Gasteiger charge is -2.08. The number of pyridine rings is 1. The van der Waals surface area contributed by atoms with Gasteiger partial charge in [0.15, 0.2) is 0 Å². The minimum absolute atomic E-state index is 0.692. The van der Waals surface area contributed by atoms with Crippen LogP contribution in [0.1, 0.15) is 12.6 Å². The van der Waals surface area contributed by atoms with Crippen LogP contribution in [0.15, 0.2) is 48.7 Å². The maximum Gasteiger partial charge on any atom is 0.121 e. The van der Waals surface area contributed by atoms with Crippen LogP contribution in [0.25, 0.3) is 0 Å². The summed E-state index contributed by atoms with van der Waals surface area (Å²) in [7, 11) is 0. The molecule has 0 aliphatic rings. The number of nitrogens with zero attached hydrogens (tertiary/aromatic N) is 1. The fourth-order valence-electron chi connectivity index (χ4n) is 1.74. The summed E-state index contributed by atoms with van der Waals surface area (Å²) in [5.41, 5.74) is 2.18. The molecule has 1 N–H and O–H groups in total. The number of ether oxygens (including phenoxy) is 1. The van der Waals surface area contributed by atoms with Gasteiger partial charge in [-0.05, 0) is 31.2 Å². The lowest BCUT2D eigenvalue weighted by molar-refractivity contribution is 0.340. The van der Waals surface area contributed by atoms with Gasteiger partial charge in [0.2, 0.25) is 0 Å². The highest BCUT2D eigenvalue weighted by Gasteiger charge is 1.97. The van der Waals surface area contributed by atoms with Crippen molar-refractivity contribution >= 4 is 5.69 Å². The number of anilines is 1. The number of nitrogens with one attached hydrogen (secondary N) is 1. The molecule has 0 bridgehead atoms. The van der Waals surface area contributed by atoms with Crippen molar-refractivity contribution in [2.24, 2.45) is 0 Å². The highest BCUT2D eigenvalue weighted by molar-refractivity contribution is 5.48. The molecule has 3 nitrogen and oxygen atoms in total. The normalized spacial score (nSPS) is 10.1. The largest absolute Gasteiger partial charge is 0.494 e. The van der Waals surface area contributed by atoms with Crippen molar-refractivity contribution in [1.29, 1.82) is 0 Å². The number of benzene rings is 1. The first-order chi connectivity index (χ1) is 8.88. The summed E-state index contributed by atoms with van der Waals surface area (Å²) in [4.78, 5) is 4.29. The van der Waals surface area contributed by atoms with Crippen LogP contribution in [-0.4, -0.2) is 18.1 Å². The Morgan fingerprint density at radius 2 is 2.11 bits per heavy atom. The summed E-state index contributed by atoms with van der Waals surface area (Å²) >= 11 is 0. The first kappa shape index (κ1) is 12.4. The van der Waals surface area contributed by atoms with Crippen molar-refractivity contribution in [3.05, 3.63) is 54.4 Å². The molecule has 1 aromatic heterocycles. The summed E-state index contributed by atoms with van der Waals surface area (Å²) < 4.78 is 5.46. The number of rotatable bonds is 6. The van der Waals surface area contributed by atoms with Crippen LogP contribution in [0.5, 0.6) is 5.75 Å². The van der Waals surface area contributed by atoms with Crippen molar-refractivity contribution in [3.63, 3.8) is 0 Å². The Labute approximate surface area is 108 Å². The Hall–Kier alpha value is -2.03. The highest BCUT2D eigenvalue weighted by Crippen LogP contribution is 2.17. The second-order valence-electron chi connectivity index (χ2n) is 3.96. The summed E-state index contributed by atoms with van der Waals surface area (Å²) in [5, 5.41) is 3.37. The number of aromatic nitrogens is 1. The standard InChI is InChI=1S/C15H18N2O/c1-2-18-15-8-5-7-14(12-15)17-11-9-13-6-3-4-10-16-13/h3-8,10,12,17H,2,9,11H2,1H3. The van der Waals surface area contributed by atoms with E-state index in [2.05, 4.69) is 10.3 Å². The molecule has 94 valence electrons. The van der Waals surface area contributed by atoms with Gasteiger partial charge in [-0.3, -0.25) is 4.98 Å². The van der Waals surface area contributed by atoms with Gasteiger partial charge >= 0.3 is 0 Å². The van der Waals surface area contributed by atoms with E-state index in [0.29, 0.717) is 6.61 Å². The molecule has 0 aliphatic heterocycles. The molecule has 0 saturated carbocycles. The fraction of sp³-hybridized carbons (Fsp3) is 0.267. The minimum Gasteiger partial charge on any atom is -0.494 e. The third kappa shape index (κ3) is 3.77. The Balaban J connectivity index is 1.84. The van der Waals surface area contributed by atoms with Crippen LogP contribution in [0.4, 0.5) is 5.69 Å². The second kappa shape index (κ2) is 6.64. The zero-order chi connectivity index (χ0) is 12.6. The van der Waals surface area contributed by atoms with Gasteiger partial charge in [-0.15, -0.1) is 0 Å². The molecule has 2 aromatic rings. The van der Waals surface area contributed by atoms with Crippen LogP contribution in [0.2, 0.25) is 0 Å². The van der Waals surface area contributed by atoms with Crippen molar-refractivity contribution in [3.8, 4) is 5.75 Å². The quantitative estimate of drug-likeness (QED) is 0.845. The van der Waals surface area contributed by atoms with E-state index in [1.54, 1.807) is 0 Å². The molecule has 2 rings (SSSR count). The molecular formula is C15H18N2O. The number of hydrogen-bond donors (Lipinski definition) is 1. The van der Waals surface area contributed by atoms with E-state index in [4.69, 9.17) is 4.74 Å². The van der Waals surface area contributed by atoms with Crippen LogP contribution in [0, 0.1) is 0 Å². The second-order valence-corrected chi connectivity index (χ2v) is 3.96. The summed E-state index contributed by atoms with van der Waals surface area (Å²) in [6.45, 7) is 3.55. The molecule has 0 spiro atoms. The van der Waals surface area contributed by atoms with Crippen molar-refractivity contribution in [2.75, 3.05) is 18.5 Å². The van der Waals surface area contributed by atoms with Crippen LogP contribution >= 0.6 is 0 Å². The van der Waals surface area contributed by atoms with Crippen molar-refractivity contribution in [2.45, 2.75) is 13.3 Å². The smallest absolute Gasteiger partial charge is 0.121 e. The Kier molecular flexibility index (Phi) is 4.59. The molecule has 0 radical (unpaired) electrons. The van der Waals surface area contributed by atoms with Gasteiger partial charge < -0.3 is 10.1 Å².